The van der Waals surface area contributed by atoms with E-state index in [1.54, 1.807) is 41.5 Å². The summed E-state index contributed by atoms with van der Waals surface area (Å²) in [5.41, 5.74) is 0. The molecule has 252 valence electrons. The van der Waals surface area contributed by atoms with Crippen LogP contribution in [0.25, 0.3) is 0 Å². The van der Waals surface area contributed by atoms with Crippen LogP contribution in [0.2, 0.25) is 0 Å². The molecule has 0 aliphatic heterocycles. The van der Waals surface area contributed by atoms with E-state index in [9.17, 15) is 30.6 Å². The second-order valence-electron chi connectivity index (χ2n) is 11.9. The van der Waals surface area contributed by atoms with Crippen molar-refractivity contribution in [3.05, 3.63) is 0 Å². The first-order valence-electron chi connectivity index (χ1n) is 14.8. The molecule has 0 aromatic rings. The summed E-state index contributed by atoms with van der Waals surface area (Å²) in [4.78, 5) is 8.14. The van der Waals surface area contributed by atoms with Gasteiger partial charge in [-0.3, -0.25) is 19.6 Å². The average Bonchev–Trinajstić information content (AvgIpc) is 2.72. The fourth-order valence-electron chi connectivity index (χ4n) is 4.61. The van der Waals surface area contributed by atoms with Gasteiger partial charge in [-0.2, -0.15) is 0 Å². The molecule has 0 saturated carbocycles. The molecule has 0 spiro atoms. The van der Waals surface area contributed by atoms with Crippen molar-refractivity contribution < 1.29 is 84.3 Å². The molecule has 10 N–H and O–H groups in total. The quantitative estimate of drug-likeness (QED) is 0.0537. The molecule has 0 aromatic heterocycles. The first-order valence-corrected chi connectivity index (χ1v) is 14.8. The summed E-state index contributed by atoms with van der Waals surface area (Å²) in [5.74, 6) is 0. The van der Waals surface area contributed by atoms with Gasteiger partial charge in [0.15, 0.2) is 12.2 Å². The van der Waals surface area contributed by atoms with Crippen LogP contribution in [-0.4, -0.2) is 188 Å². The third kappa shape index (κ3) is 35.4. The zero-order chi connectivity index (χ0) is 31.4. The minimum atomic E-state index is -0.436. The molecular formula is C28H66N4O8Ti2+2. The predicted molar refractivity (Wildman–Crippen MR) is 162 cm³/mol. The van der Waals surface area contributed by atoms with Crippen molar-refractivity contribution in [1.82, 2.24) is 19.6 Å². The molecule has 0 bridgehead atoms. The Morgan fingerprint density at radius 2 is 0.500 bits per heavy atom. The molecule has 8 unspecified atom stereocenters. The summed E-state index contributed by atoms with van der Waals surface area (Å²) in [7, 11) is 0. The number of aliphatic hydroxyl groups is 6. The summed E-state index contributed by atoms with van der Waals surface area (Å²) >= 11 is 0. The van der Waals surface area contributed by atoms with Gasteiger partial charge in [0.1, 0.15) is 0 Å². The van der Waals surface area contributed by atoms with Gasteiger partial charge in [0.25, 0.3) is 0 Å². The monoisotopic (exact) mass is 682 g/mol. The maximum atomic E-state index is 9.50. The van der Waals surface area contributed by atoms with Crippen molar-refractivity contribution in [1.29, 1.82) is 0 Å². The Labute approximate surface area is 285 Å². The molecule has 0 aliphatic carbocycles. The standard InChI is InChI=1S/2C14H32N2O4.2Ti/c2*1-11(17)7-15(8-12(2)18)5-6-16(9-13(3)19)10-14(4)20;;/h2*11-14,17-20H,5-10H2,1-4H3;;/p+2. The van der Waals surface area contributed by atoms with Gasteiger partial charge in [0.05, 0.1) is 49.7 Å². The zero-order valence-corrected chi connectivity index (χ0v) is 30.7. The summed E-state index contributed by atoms with van der Waals surface area (Å²) in [6.45, 7) is 21.3. The van der Waals surface area contributed by atoms with E-state index in [1.165, 1.54) is 0 Å². The van der Waals surface area contributed by atoms with E-state index in [1.807, 2.05) is 23.6 Å². The zero-order valence-electron chi connectivity index (χ0n) is 27.6. The van der Waals surface area contributed by atoms with Crippen LogP contribution in [0.3, 0.4) is 0 Å². The first-order chi connectivity index (χ1) is 18.4. The maximum absolute atomic E-state index is 9.50. The minimum Gasteiger partial charge on any atom is -0.442 e. The second-order valence-corrected chi connectivity index (χ2v) is 11.9. The normalized spacial score (nSPS) is 17.4. The number of hydrogen-bond donors (Lipinski definition) is 6. The molecule has 0 aliphatic rings. The largest absolute Gasteiger partial charge is 0.442 e. The number of aliphatic hydroxyl groups excluding tert-OH is 6. The second kappa shape index (κ2) is 29.4. The Kier molecular flexibility index (Phi) is 34.8. The van der Waals surface area contributed by atoms with Gasteiger partial charge < -0.3 is 40.9 Å². The minimum absolute atomic E-state index is 0. The summed E-state index contributed by atoms with van der Waals surface area (Å²) in [6.07, 6.45) is -2.98. The van der Waals surface area contributed by atoms with Crippen LogP contribution in [0.1, 0.15) is 55.4 Å². The van der Waals surface area contributed by atoms with Crippen LogP contribution < -0.4 is 0 Å². The van der Waals surface area contributed by atoms with Gasteiger partial charge >= 0.3 is 0 Å². The third-order valence-corrected chi connectivity index (χ3v) is 5.66. The molecule has 0 radical (unpaired) electrons. The van der Waals surface area contributed by atoms with Crippen LogP contribution in [0.15, 0.2) is 0 Å². The average molecular weight is 683 g/mol. The van der Waals surface area contributed by atoms with Crippen molar-refractivity contribution in [2.45, 2.75) is 104 Å². The van der Waals surface area contributed by atoms with Crippen LogP contribution in [-0.2, 0) is 43.4 Å². The molecule has 0 amide bonds. The van der Waals surface area contributed by atoms with E-state index in [4.69, 9.17) is 10.2 Å². The molecule has 0 rings (SSSR count). The Morgan fingerprint density at radius 3 is 0.619 bits per heavy atom. The molecule has 8 atom stereocenters. The first kappa shape index (κ1) is 49.8. The molecule has 14 heteroatoms. The smallest absolute Gasteiger partial charge is 0.163 e. The van der Waals surface area contributed by atoms with E-state index < -0.39 is 36.6 Å². The molecule has 0 saturated heterocycles. The van der Waals surface area contributed by atoms with E-state index in [2.05, 4.69) is 9.80 Å². The van der Waals surface area contributed by atoms with Gasteiger partial charge in [0, 0.05) is 123 Å². The van der Waals surface area contributed by atoms with Gasteiger partial charge in [-0.1, -0.05) is 0 Å². The summed E-state index contributed by atoms with van der Waals surface area (Å²) in [5, 5.41) is 72.2. The van der Waals surface area contributed by atoms with E-state index >= 15 is 0 Å². The predicted octanol–water partition coefficient (Wildman–Crippen LogP) is -2.31. The summed E-state index contributed by atoms with van der Waals surface area (Å²) < 4.78 is 0. The molecule has 0 fully saturated rings. The topological polar surface area (TPSA) is 180 Å². The van der Waals surface area contributed by atoms with Crippen molar-refractivity contribution in [3.63, 3.8) is 0 Å². The Balaban J connectivity index is -0.000000328. The van der Waals surface area contributed by atoms with Crippen molar-refractivity contribution >= 4 is 0 Å². The van der Waals surface area contributed by atoms with Crippen molar-refractivity contribution in [3.8, 4) is 0 Å². The van der Waals surface area contributed by atoms with Crippen LogP contribution >= 0.6 is 0 Å². The molecule has 42 heavy (non-hydrogen) atoms. The number of nitrogens with zero attached hydrogens (tertiary/aromatic N) is 4. The Morgan fingerprint density at radius 1 is 0.357 bits per heavy atom. The fourth-order valence-corrected chi connectivity index (χ4v) is 4.61. The van der Waals surface area contributed by atoms with Gasteiger partial charge in [-0.25, -0.2) is 0 Å². The maximum Gasteiger partial charge on any atom is 0.163 e. The van der Waals surface area contributed by atoms with Gasteiger partial charge in [-0.05, 0) is 41.5 Å². The van der Waals surface area contributed by atoms with Crippen molar-refractivity contribution in [2.24, 2.45) is 0 Å². The molecular weight excluding hydrogens is 616 g/mol. The third-order valence-electron chi connectivity index (χ3n) is 5.66. The Bertz CT molecular complexity index is 442. The van der Waals surface area contributed by atoms with Crippen LogP contribution in [0, 0.1) is 0 Å². The van der Waals surface area contributed by atoms with E-state index in [-0.39, 0.29) is 55.6 Å². The Hall–Kier alpha value is 0.949. The van der Waals surface area contributed by atoms with E-state index in [0.717, 1.165) is 0 Å². The molecule has 0 aromatic carbocycles. The number of hydrogen-bond acceptors (Lipinski definition) is 10. The van der Waals surface area contributed by atoms with Crippen LogP contribution in [0.5, 0.6) is 0 Å². The molecule has 12 nitrogen and oxygen atoms in total. The van der Waals surface area contributed by atoms with Crippen LogP contribution in [0.4, 0.5) is 0 Å². The van der Waals surface area contributed by atoms with E-state index in [0.29, 0.717) is 78.5 Å². The molecule has 0 heterocycles. The number of rotatable bonds is 22. The van der Waals surface area contributed by atoms with Gasteiger partial charge in [0.2, 0.25) is 0 Å². The SMILES string of the molecule is CC(O)CN(CCN(CC(C)O)CC(C)[OH2+])CC(C)O.CC(O)CN(CCN(CC(C)O)CC(C)[OH2+])CC(C)O.[Ti].[Ti]. The summed E-state index contributed by atoms with van der Waals surface area (Å²) in [6, 6.07) is 0. The fraction of sp³-hybridized carbons (Fsp3) is 1.00. The van der Waals surface area contributed by atoms with Crippen molar-refractivity contribution in [2.75, 3.05) is 78.5 Å². The van der Waals surface area contributed by atoms with Gasteiger partial charge in [-0.15, -0.1) is 0 Å².